The van der Waals surface area contributed by atoms with E-state index in [2.05, 4.69) is 10.6 Å². The van der Waals surface area contributed by atoms with Gasteiger partial charge in [0.25, 0.3) is 5.91 Å². The Morgan fingerprint density at radius 2 is 2.04 bits per heavy atom. The number of hydrogen-bond donors (Lipinski definition) is 3. The number of rotatable bonds is 9. The summed E-state index contributed by atoms with van der Waals surface area (Å²) in [6.45, 7) is 4.39. The molecule has 0 aliphatic carbocycles. The minimum atomic E-state index is -1.17. The summed E-state index contributed by atoms with van der Waals surface area (Å²) in [6, 6.07) is 9.18. The molecule has 0 bridgehead atoms. The van der Waals surface area contributed by atoms with Crippen LogP contribution in [0.25, 0.3) is 0 Å². The first-order valence-corrected chi connectivity index (χ1v) is 9.35. The third kappa shape index (κ3) is 5.12. The summed E-state index contributed by atoms with van der Waals surface area (Å²) in [5.41, 5.74) is 1.01. The lowest BCUT2D eigenvalue weighted by molar-refractivity contribution is -0.130. The third-order valence-corrected chi connectivity index (χ3v) is 5.00. The second-order valence-electron chi connectivity index (χ2n) is 5.89. The van der Waals surface area contributed by atoms with Gasteiger partial charge in [-0.25, -0.2) is 0 Å². The molecule has 1 aromatic heterocycles. The number of methoxy groups -OCH3 is 1. The minimum absolute atomic E-state index is 0.136. The summed E-state index contributed by atoms with van der Waals surface area (Å²) in [7, 11) is 3.40. The van der Waals surface area contributed by atoms with Crippen LogP contribution in [0.15, 0.2) is 30.3 Å². The maximum Gasteiger partial charge on any atom is 0.254 e. The molecule has 2 rings (SSSR count). The Balaban J connectivity index is 1.96. The second-order valence-corrected chi connectivity index (χ2v) is 7.00. The van der Waals surface area contributed by atoms with Crippen molar-refractivity contribution in [3.63, 3.8) is 0 Å². The fourth-order valence-electron chi connectivity index (χ4n) is 2.60. The molecule has 7 heteroatoms. The Hall–Kier alpha value is -2.25. The van der Waals surface area contributed by atoms with E-state index in [-0.39, 0.29) is 6.04 Å². The first-order valence-electron chi connectivity index (χ1n) is 8.54. The number of carbonyl (C=O) groups is 1. The van der Waals surface area contributed by atoms with E-state index >= 15 is 0 Å². The molecule has 1 heterocycles. The van der Waals surface area contributed by atoms with Gasteiger partial charge in [-0.15, -0.1) is 11.3 Å². The predicted octanol–water partition coefficient (Wildman–Crippen LogP) is 2.98. The van der Waals surface area contributed by atoms with Crippen molar-refractivity contribution in [1.82, 2.24) is 5.32 Å². The fraction of sp³-hybridized carbons (Fsp3) is 0.421. The van der Waals surface area contributed by atoms with Crippen molar-refractivity contribution < 1.29 is 19.4 Å². The van der Waals surface area contributed by atoms with Gasteiger partial charge in [0.05, 0.1) is 18.7 Å². The van der Waals surface area contributed by atoms with Gasteiger partial charge in [0.2, 0.25) is 0 Å². The molecule has 26 heavy (non-hydrogen) atoms. The number of aliphatic hydroxyl groups is 1. The molecule has 1 aromatic carbocycles. The molecule has 0 radical (unpaired) electrons. The zero-order valence-corrected chi connectivity index (χ0v) is 16.4. The van der Waals surface area contributed by atoms with Crippen LogP contribution in [0.3, 0.4) is 0 Å². The van der Waals surface area contributed by atoms with Crippen molar-refractivity contribution in [3.05, 3.63) is 40.8 Å². The van der Waals surface area contributed by atoms with Gasteiger partial charge >= 0.3 is 0 Å². The van der Waals surface area contributed by atoms with E-state index in [1.807, 2.05) is 38.1 Å². The molecular weight excluding hydrogens is 352 g/mol. The normalized spacial score (nSPS) is 13.0. The van der Waals surface area contributed by atoms with E-state index in [0.29, 0.717) is 29.4 Å². The number of aliphatic hydroxyl groups excluding tert-OH is 1. The van der Waals surface area contributed by atoms with E-state index in [0.717, 1.165) is 10.6 Å². The molecular formula is C19H26N2O4S. The van der Waals surface area contributed by atoms with Gasteiger partial charge in [0, 0.05) is 18.0 Å². The van der Waals surface area contributed by atoms with Gasteiger partial charge in [-0.3, -0.25) is 4.79 Å². The van der Waals surface area contributed by atoms with Crippen LogP contribution in [0.1, 0.15) is 30.4 Å². The van der Waals surface area contributed by atoms with E-state index in [1.54, 1.807) is 20.2 Å². The molecule has 142 valence electrons. The summed E-state index contributed by atoms with van der Waals surface area (Å²) < 4.78 is 10.9. The maximum absolute atomic E-state index is 12.3. The van der Waals surface area contributed by atoms with E-state index < -0.39 is 12.0 Å². The minimum Gasteiger partial charge on any atom is -0.493 e. The highest BCUT2D eigenvalue weighted by molar-refractivity contribution is 7.16. The van der Waals surface area contributed by atoms with Gasteiger partial charge in [-0.1, -0.05) is 6.07 Å². The van der Waals surface area contributed by atoms with Gasteiger partial charge in [-0.05, 0) is 50.1 Å². The lowest BCUT2D eigenvalue weighted by atomic mass is 10.1. The van der Waals surface area contributed by atoms with Crippen molar-refractivity contribution in [2.24, 2.45) is 0 Å². The molecule has 0 fully saturated rings. The van der Waals surface area contributed by atoms with Crippen molar-refractivity contribution in [3.8, 4) is 11.5 Å². The number of carbonyl (C=O) groups excluding carboxylic acids is 1. The average Bonchev–Trinajstić information content (AvgIpc) is 3.11. The van der Waals surface area contributed by atoms with E-state index in [9.17, 15) is 9.90 Å². The Morgan fingerprint density at radius 3 is 2.65 bits per heavy atom. The lowest BCUT2D eigenvalue weighted by Crippen LogP contribution is -2.37. The van der Waals surface area contributed by atoms with Crippen LogP contribution in [-0.4, -0.2) is 37.8 Å². The quantitative estimate of drug-likeness (QED) is 0.625. The van der Waals surface area contributed by atoms with Gasteiger partial charge < -0.3 is 25.2 Å². The van der Waals surface area contributed by atoms with Crippen LogP contribution < -0.4 is 20.1 Å². The Labute approximate surface area is 158 Å². The topological polar surface area (TPSA) is 79.8 Å². The van der Waals surface area contributed by atoms with Crippen LogP contribution in [0.5, 0.6) is 11.5 Å². The molecule has 0 aliphatic heterocycles. The first kappa shape index (κ1) is 20.1. The van der Waals surface area contributed by atoms with Crippen molar-refractivity contribution >= 4 is 22.2 Å². The fourth-order valence-corrected chi connectivity index (χ4v) is 3.45. The van der Waals surface area contributed by atoms with Crippen LogP contribution in [0.4, 0.5) is 5.00 Å². The lowest BCUT2D eigenvalue weighted by Gasteiger charge is -2.17. The number of anilines is 1. The maximum atomic E-state index is 12.3. The zero-order chi connectivity index (χ0) is 19.1. The number of amides is 1. The highest BCUT2D eigenvalue weighted by atomic mass is 32.1. The standard InChI is InChI=1S/C19H26N2O4S/c1-5-25-14-7-6-13(11-15(14)24-4)10-12(2)21-19(23)18(22)16-8-9-17(20-3)26-16/h6-9,11-12,18,20,22H,5,10H2,1-4H3,(H,21,23). The van der Waals surface area contributed by atoms with Crippen molar-refractivity contribution in [1.29, 1.82) is 0 Å². The highest BCUT2D eigenvalue weighted by Crippen LogP contribution is 2.29. The monoisotopic (exact) mass is 378 g/mol. The van der Waals surface area contributed by atoms with Crippen LogP contribution in [0, 0.1) is 0 Å². The summed E-state index contributed by atoms with van der Waals surface area (Å²) in [4.78, 5) is 12.9. The number of ether oxygens (including phenoxy) is 2. The molecule has 0 aliphatic rings. The van der Waals surface area contributed by atoms with Crippen LogP contribution >= 0.6 is 11.3 Å². The van der Waals surface area contributed by atoms with Gasteiger partial charge in [0.15, 0.2) is 17.6 Å². The largest absolute Gasteiger partial charge is 0.493 e. The first-order chi connectivity index (χ1) is 12.5. The Morgan fingerprint density at radius 1 is 1.27 bits per heavy atom. The van der Waals surface area contributed by atoms with Gasteiger partial charge in [-0.2, -0.15) is 0 Å². The van der Waals surface area contributed by atoms with E-state index in [1.165, 1.54) is 11.3 Å². The highest BCUT2D eigenvalue weighted by Gasteiger charge is 2.21. The molecule has 2 unspecified atom stereocenters. The summed E-state index contributed by atoms with van der Waals surface area (Å²) in [5.74, 6) is 0.963. The summed E-state index contributed by atoms with van der Waals surface area (Å²) >= 11 is 1.36. The number of benzene rings is 1. The summed E-state index contributed by atoms with van der Waals surface area (Å²) in [5, 5.41) is 17.0. The number of nitrogens with one attached hydrogen (secondary N) is 2. The smallest absolute Gasteiger partial charge is 0.254 e. The van der Waals surface area contributed by atoms with E-state index in [4.69, 9.17) is 9.47 Å². The molecule has 0 spiro atoms. The molecule has 0 saturated carbocycles. The Kier molecular flexibility index (Phi) is 7.29. The zero-order valence-electron chi connectivity index (χ0n) is 15.5. The molecule has 6 nitrogen and oxygen atoms in total. The molecule has 2 aromatic rings. The summed E-state index contributed by atoms with van der Waals surface area (Å²) in [6.07, 6.45) is -0.549. The Bertz CT molecular complexity index is 732. The third-order valence-electron chi connectivity index (χ3n) is 3.85. The molecule has 1 amide bonds. The van der Waals surface area contributed by atoms with Crippen molar-refractivity contribution in [2.45, 2.75) is 32.4 Å². The molecule has 0 saturated heterocycles. The number of thiophene rings is 1. The van der Waals surface area contributed by atoms with Crippen LogP contribution in [0.2, 0.25) is 0 Å². The molecule has 2 atom stereocenters. The second kappa shape index (κ2) is 9.45. The predicted molar refractivity (Wildman–Crippen MR) is 104 cm³/mol. The van der Waals surface area contributed by atoms with Crippen LogP contribution in [-0.2, 0) is 11.2 Å². The average molecular weight is 378 g/mol. The van der Waals surface area contributed by atoms with Gasteiger partial charge in [0.1, 0.15) is 0 Å². The van der Waals surface area contributed by atoms with Crippen molar-refractivity contribution in [2.75, 3.05) is 26.1 Å². The molecule has 3 N–H and O–H groups in total. The number of hydrogen-bond acceptors (Lipinski definition) is 6. The SMILES string of the molecule is CCOc1ccc(CC(C)NC(=O)C(O)c2ccc(NC)s2)cc1OC.